The lowest BCUT2D eigenvalue weighted by atomic mass is 9.95. The molecule has 2 aliphatic heterocycles. The van der Waals surface area contributed by atoms with Crippen molar-refractivity contribution in [3.63, 3.8) is 0 Å². The van der Waals surface area contributed by atoms with Crippen LogP contribution in [0.25, 0.3) is 44.4 Å². The van der Waals surface area contributed by atoms with Gasteiger partial charge in [0.15, 0.2) is 0 Å². The van der Waals surface area contributed by atoms with Gasteiger partial charge in [0.25, 0.3) is 0 Å². The fourth-order valence-electron chi connectivity index (χ4n) is 9.43. The quantitative estimate of drug-likeness (QED) is 0.105. The molecule has 60 heavy (non-hydrogen) atoms. The standard InChI is InChI=1S/C46H54N8O6/c1-25(2)38(51-45(57)59-5)43(55)53-19-7-8-37(53)41-47-23-35(49-41)28-11-9-27(10-12-28)29-13-14-31-21-32(16-15-30(31)20-29)36-24-48-42(50-36)40-33-17-18-34(22-33)54(40)44(56)39(26(3)4)52-46(58)60-6/h9-16,20-21,23-26,33-34,37-40H,7-8,17-19,22H2,1-6H3,(H,47,49)(H,48,50)(H,51,57)(H,52,58). The molecule has 2 aromatic heterocycles. The van der Waals surface area contributed by atoms with Crippen LogP contribution >= 0.6 is 0 Å². The maximum absolute atomic E-state index is 14.0. The average molecular weight is 815 g/mol. The first-order valence-corrected chi connectivity index (χ1v) is 21.0. The molecule has 2 saturated heterocycles. The largest absolute Gasteiger partial charge is 0.453 e. The van der Waals surface area contributed by atoms with Crippen molar-refractivity contribution in [3.05, 3.63) is 84.7 Å². The molecule has 8 rings (SSSR count). The highest BCUT2D eigenvalue weighted by Crippen LogP contribution is 2.50. The zero-order valence-electron chi connectivity index (χ0n) is 35.0. The van der Waals surface area contributed by atoms with E-state index in [0.717, 1.165) is 88.2 Å². The first kappa shape index (κ1) is 40.6. The van der Waals surface area contributed by atoms with Crippen molar-refractivity contribution in [2.45, 2.75) is 90.0 Å². The predicted molar refractivity (Wildman–Crippen MR) is 227 cm³/mol. The number of piperidine rings is 1. The van der Waals surface area contributed by atoms with Gasteiger partial charge in [0, 0.05) is 18.2 Å². The molecule has 6 unspecified atom stereocenters. The van der Waals surface area contributed by atoms with Crippen molar-refractivity contribution in [3.8, 4) is 33.6 Å². The third-order valence-electron chi connectivity index (χ3n) is 12.6. The number of ether oxygens (including phenoxy) is 2. The van der Waals surface area contributed by atoms with E-state index in [1.165, 1.54) is 14.2 Å². The number of H-pyrrole nitrogens is 2. The maximum Gasteiger partial charge on any atom is 0.407 e. The molecule has 3 aromatic carbocycles. The molecule has 3 fully saturated rings. The molecule has 4 amide bonds. The second-order valence-electron chi connectivity index (χ2n) is 17.0. The van der Waals surface area contributed by atoms with Crippen molar-refractivity contribution in [2.75, 3.05) is 20.8 Å². The van der Waals surface area contributed by atoms with Gasteiger partial charge >= 0.3 is 12.2 Å². The first-order valence-electron chi connectivity index (χ1n) is 21.0. The van der Waals surface area contributed by atoms with E-state index in [9.17, 15) is 19.2 Å². The molecule has 314 valence electrons. The second kappa shape index (κ2) is 16.8. The van der Waals surface area contributed by atoms with Gasteiger partial charge in [0.2, 0.25) is 11.8 Å². The highest BCUT2D eigenvalue weighted by molar-refractivity contribution is 5.91. The summed E-state index contributed by atoms with van der Waals surface area (Å²) in [5.74, 6) is 1.38. The Morgan fingerprint density at radius 1 is 0.683 bits per heavy atom. The zero-order chi connectivity index (χ0) is 42.2. The first-order chi connectivity index (χ1) is 28.9. The lowest BCUT2D eigenvalue weighted by Gasteiger charge is -2.37. The number of benzene rings is 3. The third kappa shape index (κ3) is 7.82. The number of carbonyl (C=O) groups is 4. The fourth-order valence-corrected chi connectivity index (χ4v) is 9.43. The van der Waals surface area contributed by atoms with Crippen LogP contribution < -0.4 is 10.6 Å². The van der Waals surface area contributed by atoms with E-state index in [1.54, 1.807) is 0 Å². The maximum atomic E-state index is 14.0. The Hall–Kier alpha value is -6.18. The van der Waals surface area contributed by atoms with E-state index in [0.29, 0.717) is 12.5 Å². The number of likely N-dealkylation sites (tertiary alicyclic amines) is 2. The molecule has 5 aromatic rings. The third-order valence-corrected chi connectivity index (χ3v) is 12.6. The van der Waals surface area contributed by atoms with Crippen LogP contribution in [-0.2, 0) is 19.1 Å². The number of amides is 4. The predicted octanol–water partition coefficient (Wildman–Crippen LogP) is 7.76. The van der Waals surface area contributed by atoms with Crippen molar-refractivity contribution in [1.29, 1.82) is 0 Å². The van der Waals surface area contributed by atoms with E-state index in [2.05, 4.69) is 81.3 Å². The molecule has 14 heteroatoms. The summed E-state index contributed by atoms with van der Waals surface area (Å²) in [7, 11) is 2.60. The summed E-state index contributed by atoms with van der Waals surface area (Å²) in [6, 6.07) is 19.6. The summed E-state index contributed by atoms with van der Waals surface area (Å²) < 4.78 is 9.60. The number of alkyl carbamates (subject to hydrolysis) is 2. The minimum absolute atomic E-state index is 0.0917. The van der Waals surface area contributed by atoms with Crippen molar-refractivity contribution < 1.29 is 28.7 Å². The summed E-state index contributed by atoms with van der Waals surface area (Å²) in [5.41, 5.74) is 5.93. The minimum Gasteiger partial charge on any atom is -0.453 e. The molecular formula is C46H54N8O6. The van der Waals surface area contributed by atoms with E-state index >= 15 is 0 Å². The minimum atomic E-state index is -0.687. The van der Waals surface area contributed by atoms with Crippen molar-refractivity contribution in [2.24, 2.45) is 17.8 Å². The lowest BCUT2D eigenvalue weighted by Crippen LogP contribution is -2.54. The Labute approximate surface area is 349 Å². The number of imidazole rings is 2. The van der Waals surface area contributed by atoms with Crippen LogP contribution in [0.4, 0.5) is 9.59 Å². The van der Waals surface area contributed by atoms with Crippen LogP contribution in [0.15, 0.2) is 73.1 Å². The summed E-state index contributed by atoms with van der Waals surface area (Å²) >= 11 is 0. The van der Waals surface area contributed by atoms with Crippen LogP contribution in [0.3, 0.4) is 0 Å². The number of nitrogens with zero attached hydrogens (tertiary/aromatic N) is 4. The Morgan fingerprint density at radius 2 is 1.23 bits per heavy atom. The normalized spacial score (nSPS) is 20.8. The molecule has 14 nitrogen and oxygen atoms in total. The van der Waals surface area contributed by atoms with Crippen LogP contribution in [0.1, 0.15) is 83.5 Å². The molecule has 0 radical (unpaired) electrons. The monoisotopic (exact) mass is 814 g/mol. The van der Waals surface area contributed by atoms with Gasteiger partial charge in [-0.1, -0.05) is 76.2 Å². The highest BCUT2D eigenvalue weighted by Gasteiger charge is 2.51. The van der Waals surface area contributed by atoms with Crippen LogP contribution in [0, 0.1) is 17.8 Å². The number of hydrogen-bond acceptors (Lipinski definition) is 8. The lowest BCUT2D eigenvalue weighted by molar-refractivity contribution is -0.139. The van der Waals surface area contributed by atoms with Gasteiger partial charge in [-0.3, -0.25) is 9.59 Å². The fraction of sp³-hybridized carbons (Fsp3) is 0.435. The topological polar surface area (TPSA) is 175 Å². The Morgan fingerprint density at radius 3 is 1.88 bits per heavy atom. The summed E-state index contributed by atoms with van der Waals surface area (Å²) in [4.78, 5) is 72.0. The molecule has 0 spiro atoms. The molecule has 6 atom stereocenters. The molecule has 3 aliphatic rings. The number of aromatic nitrogens is 4. The smallest absolute Gasteiger partial charge is 0.407 e. The SMILES string of the molecule is COC(=O)NC(C(=O)N1CCCC1c1ncc(-c2ccc(-c3ccc4cc(-c5cnc(C6C7CCC(C7)N6C(=O)C(NC(=O)OC)C(C)C)[nH]5)ccc4c3)cc2)[nH]1)C(C)C. The summed E-state index contributed by atoms with van der Waals surface area (Å²) in [6.07, 6.45) is 7.00. The molecule has 1 aliphatic carbocycles. The average Bonchev–Trinajstić information content (AvgIpc) is 4.12. The molecule has 2 bridgehead atoms. The molecule has 4 heterocycles. The molecular weight excluding hydrogens is 761 g/mol. The number of aromatic amines is 2. The van der Waals surface area contributed by atoms with Gasteiger partial charge in [-0.25, -0.2) is 19.6 Å². The van der Waals surface area contributed by atoms with Gasteiger partial charge in [-0.05, 0) is 89.5 Å². The number of methoxy groups -OCH3 is 2. The van der Waals surface area contributed by atoms with E-state index in [1.807, 2.05) is 49.9 Å². The summed E-state index contributed by atoms with van der Waals surface area (Å²) in [5, 5.41) is 7.67. The summed E-state index contributed by atoms with van der Waals surface area (Å²) in [6.45, 7) is 8.27. The van der Waals surface area contributed by atoms with Gasteiger partial charge in [-0.2, -0.15) is 0 Å². The number of nitrogens with one attached hydrogen (secondary N) is 4. The number of carbonyl (C=O) groups excluding carboxylic acids is 4. The van der Waals surface area contributed by atoms with E-state index in [4.69, 9.17) is 19.4 Å². The van der Waals surface area contributed by atoms with E-state index < -0.39 is 24.3 Å². The number of fused-ring (bicyclic) bond motifs is 3. The van der Waals surface area contributed by atoms with Crippen LogP contribution in [-0.4, -0.2) is 92.6 Å². The van der Waals surface area contributed by atoms with Gasteiger partial charge in [-0.15, -0.1) is 0 Å². The van der Waals surface area contributed by atoms with Gasteiger partial charge in [0.05, 0.1) is 50.1 Å². The van der Waals surface area contributed by atoms with E-state index in [-0.39, 0.29) is 41.8 Å². The Bertz CT molecular complexity index is 2390. The van der Waals surface area contributed by atoms with Crippen LogP contribution in [0.5, 0.6) is 0 Å². The Kier molecular flexibility index (Phi) is 11.4. The van der Waals surface area contributed by atoms with Crippen LogP contribution in [0.2, 0.25) is 0 Å². The van der Waals surface area contributed by atoms with Crippen molar-refractivity contribution >= 4 is 34.8 Å². The number of hydrogen-bond donors (Lipinski definition) is 4. The number of rotatable bonds is 11. The Balaban J connectivity index is 0.955. The van der Waals surface area contributed by atoms with Gasteiger partial charge < -0.3 is 39.9 Å². The molecule has 1 saturated carbocycles. The second-order valence-corrected chi connectivity index (χ2v) is 17.0. The van der Waals surface area contributed by atoms with Crippen molar-refractivity contribution in [1.82, 2.24) is 40.4 Å². The zero-order valence-corrected chi connectivity index (χ0v) is 35.0. The highest BCUT2D eigenvalue weighted by atomic mass is 16.5. The van der Waals surface area contributed by atoms with Gasteiger partial charge in [0.1, 0.15) is 23.7 Å². The molecule has 4 N–H and O–H groups in total.